The van der Waals surface area contributed by atoms with E-state index in [4.69, 9.17) is 5.84 Å². The molecular formula is C15H14N6. The zero-order chi connectivity index (χ0) is 14.2. The molecule has 0 fully saturated rings. The fourth-order valence-corrected chi connectivity index (χ4v) is 2.68. The zero-order valence-electron chi connectivity index (χ0n) is 11.3. The third-order valence-corrected chi connectivity index (χ3v) is 3.61. The number of rotatable bonds is 3. The maximum absolute atomic E-state index is 5.53. The molecule has 3 N–H and O–H groups in total. The summed E-state index contributed by atoms with van der Waals surface area (Å²) in [4.78, 5) is 0. The highest BCUT2D eigenvalue weighted by atomic mass is 15.4. The molecule has 2 aromatic heterocycles. The monoisotopic (exact) mass is 278 g/mol. The predicted molar refractivity (Wildman–Crippen MR) is 81.8 cm³/mol. The largest absolute Gasteiger partial charge is 0.304 e. The highest BCUT2D eigenvalue weighted by molar-refractivity contribution is 5.82. The van der Waals surface area contributed by atoms with Crippen molar-refractivity contribution in [3.8, 4) is 0 Å². The summed E-state index contributed by atoms with van der Waals surface area (Å²) in [5, 5.41) is 8.34. The Bertz CT molecular complexity index is 906. The molecule has 4 rings (SSSR count). The molecule has 6 nitrogen and oxygen atoms in total. The van der Waals surface area contributed by atoms with E-state index in [2.05, 4.69) is 38.4 Å². The summed E-state index contributed by atoms with van der Waals surface area (Å²) in [5.74, 6) is 6.84. The van der Waals surface area contributed by atoms with Crippen molar-refractivity contribution in [2.24, 2.45) is 5.84 Å². The first kappa shape index (κ1) is 11.9. The van der Waals surface area contributed by atoms with Gasteiger partial charge in [0.25, 0.3) is 0 Å². The van der Waals surface area contributed by atoms with Crippen LogP contribution in [-0.4, -0.2) is 19.2 Å². The average Bonchev–Trinajstić information content (AvgIpc) is 3.08. The van der Waals surface area contributed by atoms with Crippen LogP contribution in [0.25, 0.3) is 16.8 Å². The molecule has 6 heteroatoms. The van der Waals surface area contributed by atoms with Crippen LogP contribution in [0.4, 0.5) is 5.95 Å². The van der Waals surface area contributed by atoms with Gasteiger partial charge in [-0.3, -0.25) is 5.43 Å². The molecule has 104 valence electrons. The number of hydrazine groups is 1. The number of nitrogens with zero attached hydrogens (tertiary/aromatic N) is 4. The molecule has 0 unspecified atom stereocenters. The maximum Gasteiger partial charge on any atom is 0.245 e. The van der Waals surface area contributed by atoms with Crippen molar-refractivity contribution in [3.05, 3.63) is 60.2 Å². The van der Waals surface area contributed by atoms with E-state index < -0.39 is 0 Å². The predicted octanol–water partition coefficient (Wildman–Crippen LogP) is 2.02. The first-order chi connectivity index (χ1) is 10.4. The van der Waals surface area contributed by atoms with E-state index in [1.807, 2.05) is 40.8 Å². The van der Waals surface area contributed by atoms with Gasteiger partial charge >= 0.3 is 0 Å². The lowest BCUT2D eigenvalue weighted by atomic mass is 10.2. The summed E-state index contributed by atoms with van der Waals surface area (Å²) in [6.45, 7) is 0.737. The topological polar surface area (TPSA) is 73.2 Å². The zero-order valence-corrected chi connectivity index (χ0v) is 11.3. The number of para-hydroxylation sites is 2. The molecule has 21 heavy (non-hydrogen) atoms. The Balaban J connectivity index is 1.99. The van der Waals surface area contributed by atoms with Crippen molar-refractivity contribution >= 4 is 22.8 Å². The maximum atomic E-state index is 5.53. The van der Waals surface area contributed by atoms with Crippen molar-refractivity contribution in [3.63, 3.8) is 0 Å². The average molecular weight is 278 g/mol. The van der Waals surface area contributed by atoms with Gasteiger partial charge in [0.1, 0.15) is 0 Å². The summed E-state index contributed by atoms with van der Waals surface area (Å²) in [6.07, 6.45) is 0. The van der Waals surface area contributed by atoms with Gasteiger partial charge < -0.3 is 4.57 Å². The minimum atomic E-state index is 0.535. The number of benzene rings is 2. The number of fused-ring (bicyclic) bond motifs is 3. The molecule has 0 radical (unpaired) electrons. The number of nitrogens with two attached hydrogens (primary N) is 1. The molecule has 0 spiro atoms. The summed E-state index contributed by atoms with van der Waals surface area (Å²) in [7, 11) is 0. The minimum Gasteiger partial charge on any atom is -0.304 e. The fraction of sp³-hybridized carbons (Fsp3) is 0.0667. The lowest BCUT2D eigenvalue weighted by Gasteiger charge is -2.04. The molecular weight excluding hydrogens is 264 g/mol. The Morgan fingerprint density at radius 2 is 1.62 bits per heavy atom. The molecule has 0 saturated carbocycles. The molecule has 0 bridgehead atoms. The van der Waals surface area contributed by atoms with E-state index >= 15 is 0 Å². The molecule has 0 aliphatic heterocycles. The van der Waals surface area contributed by atoms with Gasteiger partial charge in [-0.2, -0.15) is 0 Å². The van der Waals surface area contributed by atoms with Crippen LogP contribution >= 0.6 is 0 Å². The van der Waals surface area contributed by atoms with E-state index in [0.717, 1.165) is 23.4 Å². The minimum absolute atomic E-state index is 0.535. The highest BCUT2D eigenvalue weighted by Crippen LogP contribution is 2.23. The third kappa shape index (κ3) is 1.77. The van der Waals surface area contributed by atoms with E-state index in [0.29, 0.717) is 5.95 Å². The molecule has 2 heterocycles. The van der Waals surface area contributed by atoms with Crippen LogP contribution in [0.5, 0.6) is 0 Å². The van der Waals surface area contributed by atoms with Gasteiger partial charge in [0.2, 0.25) is 11.7 Å². The Morgan fingerprint density at radius 1 is 0.905 bits per heavy atom. The molecule has 0 aliphatic carbocycles. The van der Waals surface area contributed by atoms with Gasteiger partial charge in [0.15, 0.2) is 0 Å². The Labute approximate surface area is 120 Å². The Morgan fingerprint density at radius 3 is 2.38 bits per heavy atom. The summed E-state index contributed by atoms with van der Waals surface area (Å²) >= 11 is 0. The first-order valence-corrected chi connectivity index (χ1v) is 6.71. The van der Waals surface area contributed by atoms with Crippen LogP contribution in [0.2, 0.25) is 0 Å². The van der Waals surface area contributed by atoms with Crippen LogP contribution < -0.4 is 11.3 Å². The van der Waals surface area contributed by atoms with Gasteiger partial charge in [-0.05, 0) is 17.7 Å². The number of nitrogens with one attached hydrogen (secondary N) is 1. The van der Waals surface area contributed by atoms with E-state index in [-0.39, 0.29) is 0 Å². The third-order valence-electron chi connectivity index (χ3n) is 3.61. The number of aromatic nitrogens is 4. The SMILES string of the molecule is NNc1nnc2n(Cc3ccccc3)c3ccccc3n12. The van der Waals surface area contributed by atoms with Crippen LogP contribution in [-0.2, 0) is 6.54 Å². The van der Waals surface area contributed by atoms with Crippen LogP contribution in [0.3, 0.4) is 0 Å². The van der Waals surface area contributed by atoms with E-state index in [1.54, 1.807) is 0 Å². The van der Waals surface area contributed by atoms with Gasteiger partial charge in [-0.25, -0.2) is 10.2 Å². The summed E-state index contributed by atoms with van der Waals surface area (Å²) in [6, 6.07) is 18.4. The van der Waals surface area contributed by atoms with Crippen LogP contribution in [0.1, 0.15) is 5.56 Å². The molecule has 0 atom stereocenters. The summed E-state index contributed by atoms with van der Waals surface area (Å²) in [5.41, 5.74) is 5.94. The van der Waals surface area contributed by atoms with Gasteiger partial charge in [0, 0.05) is 0 Å². The lowest BCUT2D eigenvalue weighted by Crippen LogP contribution is -2.09. The van der Waals surface area contributed by atoms with Crippen molar-refractivity contribution in [2.75, 3.05) is 5.43 Å². The first-order valence-electron chi connectivity index (χ1n) is 6.71. The van der Waals surface area contributed by atoms with Crippen molar-refractivity contribution in [1.82, 2.24) is 19.2 Å². The second-order valence-corrected chi connectivity index (χ2v) is 4.86. The molecule has 0 saturated heterocycles. The van der Waals surface area contributed by atoms with E-state index in [1.165, 1.54) is 5.56 Å². The van der Waals surface area contributed by atoms with Crippen LogP contribution in [0.15, 0.2) is 54.6 Å². The second kappa shape index (κ2) is 4.60. The number of hydrogen-bond donors (Lipinski definition) is 2. The number of imidazole rings is 1. The normalized spacial score (nSPS) is 11.3. The summed E-state index contributed by atoms with van der Waals surface area (Å²) < 4.78 is 4.07. The lowest BCUT2D eigenvalue weighted by molar-refractivity contribution is 0.839. The standard InChI is InChI=1S/C15H14N6/c16-17-14-18-19-15-20(10-11-6-2-1-3-7-11)12-8-4-5-9-13(12)21(14)15/h1-9H,10,16H2,(H,17,18). The molecule has 0 amide bonds. The second-order valence-electron chi connectivity index (χ2n) is 4.86. The van der Waals surface area contributed by atoms with Crippen LogP contribution in [0, 0.1) is 0 Å². The Kier molecular flexibility index (Phi) is 2.61. The number of hydrogen-bond acceptors (Lipinski definition) is 4. The molecule has 2 aromatic carbocycles. The Hall–Kier alpha value is -2.86. The van der Waals surface area contributed by atoms with Crippen molar-refractivity contribution in [1.29, 1.82) is 0 Å². The molecule has 0 aliphatic rings. The van der Waals surface area contributed by atoms with Gasteiger partial charge in [-0.15, -0.1) is 10.2 Å². The van der Waals surface area contributed by atoms with Gasteiger partial charge in [0.05, 0.1) is 17.6 Å². The highest BCUT2D eigenvalue weighted by Gasteiger charge is 2.15. The van der Waals surface area contributed by atoms with Gasteiger partial charge in [-0.1, -0.05) is 42.5 Å². The smallest absolute Gasteiger partial charge is 0.245 e. The fourth-order valence-electron chi connectivity index (χ4n) is 2.68. The molecule has 4 aromatic rings. The van der Waals surface area contributed by atoms with Crippen molar-refractivity contribution < 1.29 is 0 Å². The quantitative estimate of drug-likeness (QED) is 0.444. The number of anilines is 1. The van der Waals surface area contributed by atoms with Crippen molar-refractivity contribution in [2.45, 2.75) is 6.54 Å². The van der Waals surface area contributed by atoms with E-state index in [9.17, 15) is 0 Å². The number of nitrogen functional groups attached to an aromatic ring is 1.